The molecule has 0 aliphatic carbocycles. The first-order valence-electron chi connectivity index (χ1n) is 11.2. The van der Waals surface area contributed by atoms with Gasteiger partial charge in [0.2, 0.25) is 0 Å². The summed E-state index contributed by atoms with van der Waals surface area (Å²) in [6, 6.07) is 20.6. The Labute approximate surface area is 195 Å². The lowest BCUT2D eigenvalue weighted by molar-refractivity contribution is -0.147. The summed E-state index contributed by atoms with van der Waals surface area (Å²) in [6.45, 7) is 3.50. The fourth-order valence-corrected chi connectivity index (χ4v) is 6.51. The minimum absolute atomic E-state index is 0.110. The van der Waals surface area contributed by atoms with Gasteiger partial charge in [0, 0.05) is 19.6 Å². The zero-order chi connectivity index (χ0) is 23.5. The highest BCUT2D eigenvalue weighted by Crippen LogP contribution is 2.38. The number of benzene rings is 3. The van der Waals surface area contributed by atoms with Crippen LogP contribution in [0.1, 0.15) is 25.3 Å². The average Bonchev–Trinajstić information content (AvgIpc) is 2.85. The van der Waals surface area contributed by atoms with Crippen LogP contribution in [0.25, 0.3) is 10.8 Å². The summed E-state index contributed by atoms with van der Waals surface area (Å²) in [5.74, 6) is -0.102. The molecule has 33 heavy (non-hydrogen) atoms. The van der Waals surface area contributed by atoms with E-state index >= 15 is 0 Å². The Morgan fingerprint density at radius 2 is 1.64 bits per heavy atom. The summed E-state index contributed by atoms with van der Waals surface area (Å²) in [6.07, 6.45) is 0.371. The van der Waals surface area contributed by atoms with Crippen LogP contribution in [0.4, 0.5) is 0 Å². The molecule has 174 valence electrons. The third-order valence-electron chi connectivity index (χ3n) is 6.47. The number of carbonyl (C=O) groups excluding carboxylic acids is 1. The van der Waals surface area contributed by atoms with Crippen LogP contribution in [0.5, 0.6) is 5.75 Å². The normalized spacial score (nSPS) is 16.4. The molecule has 1 aliphatic heterocycles. The number of nitrogens with zero attached hydrogens (tertiary/aromatic N) is 1. The molecule has 3 aromatic rings. The maximum Gasteiger partial charge on any atom is 0.327 e. The molecular formula is C26H29NO5S. The van der Waals surface area contributed by atoms with Crippen LogP contribution in [0.3, 0.4) is 0 Å². The zero-order valence-corrected chi connectivity index (χ0v) is 19.8. The van der Waals surface area contributed by atoms with E-state index < -0.39 is 20.6 Å². The lowest BCUT2D eigenvalue weighted by atomic mass is 9.94. The van der Waals surface area contributed by atoms with Crippen molar-refractivity contribution in [2.24, 2.45) is 0 Å². The van der Waals surface area contributed by atoms with Crippen molar-refractivity contribution < 1.29 is 22.7 Å². The molecule has 0 aromatic heterocycles. The number of sulfone groups is 1. The van der Waals surface area contributed by atoms with Gasteiger partial charge in [0.05, 0.1) is 18.6 Å². The Morgan fingerprint density at radius 1 is 0.970 bits per heavy atom. The van der Waals surface area contributed by atoms with E-state index in [0.29, 0.717) is 25.4 Å². The van der Waals surface area contributed by atoms with Crippen LogP contribution < -0.4 is 4.74 Å². The number of hydrogen-bond acceptors (Lipinski definition) is 6. The second-order valence-corrected chi connectivity index (χ2v) is 10.6. The second kappa shape index (κ2) is 9.53. The molecule has 0 bridgehead atoms. The quantitative estimate of drug-likeness (QED) is 0.485. The predicted molar refractivity (Wildman–Crippen MR) is 128 cm³/mol. The van der Waals surface area contributed by atoms with Gasteiger partial charge >= 0.3 is 5.97 Å². The van der Waals surface area contributed by atoms with Crippen molar-refractivity contribution >= 4 is 26.6 Å². The van der Waals surface area contributed by atoms with Crippen LogP contribution in [0.2, 0.25) is 0 Å². The maximum absolute atomic E-state index is 13.7. The summed E-state index contributed by atoms with van der Waals surface area (Å²) in [4.78, 5) is 15.4. The highest BCUT2D eigenvalue weighted by Gasteiger charge is 2.54. The first-order chi connectivity index (χ1) is 15.9. The fourth-order valence-electron chi connectivity index (χ4n) is 4.57. The summed E-state index contributed by atoms with van der Waals surface area (Å²) >= 11 is 0. The van der Waals surface area contributed by atoms with Crippen LogP contribution in [0, 0.1) is 0 Å². The number of piperidine rings is 1. The molecule has 4 rings (SSSR count). The van der Waals surface area contributed by atoms with Gasteiger partial charge in [-0.2, -0.15) is 0 Å². The van der Waals surface area contributed by atoms with Gasteiger partial charge in [0.1, 0.15) is 5.75 Å². The first-order valence-corrected chi connectivity index (χ1v) is 12.6. The molecule has 7 heteroatoms. The van der Waals surface area contributed by atoms with Gasteiger partial charge in [-0.25, -0.2) is 8.42 Å². The second-order valence-electron chi connectivity index (χ2n) is 8.31. The largest absolute Gasteiger partial charge is 0.497 e. The van der Waals surface area contributed by atoms with Gasteiger partial charge in [-0.3, -0.25) is 9.69 Å². The molecule has 3 aromatic carbocycles. The first kappa shape index (κ1) is 23.3. The molecule has 1 saturated heterocycles. The standard InChI is InChI=1S/C26H29NO5S/c1-3-32-25(28)26(33(29,30)23-13-11-22(31-2)12-14-23)15-17-27(18-16-26)19-21-9-6-8-20-7-4-5-10-24(20)21/h4-14H,3,15-19H2,1-2H3. The van der Waals surface area contributed by atoms with Crippen LogP contribution in [-0.4, -0.2) is 50.8 Å². The Balaban J connectivity index is 1.60. The topological polar surface area (TPSA) is 72.9 Å². The van der Waals surface area contributed by atoms with Crippen LogP contribution >= 0.6 is 0 Å². The molecule has 0 saturated carbocycles. The monoisotopic (exact) mass is 467 g/mol. The molecule has 0 radical (unpaired) electrons. The maximum atomic E-state index is 13.7. The molecule has 0 amide bonds. The van der Waals surface area contributed by atoms with Gasteiger partial charge in [0.25, 0.3) is 0 Å². The Morgan fingerprint density at radius 3 is 2.30 bits per heavy atom. The average molecular weight is 468 g/mol. The van der Waals surface area contributed by atoms with E-state index in [-0.39, 0.29) is 24.3 Å². The zero-order valence-electron chi connectivity index (χ0n) is 19.0. The van der Waals surface area contributed by atoms with E-state index in [1.165, 1.54) is 35.6 Å². The van der Waals surface area contributed by atoms with Gasteiger partial charge in [-0.05, 0) is 60.4 Å². The smallest absolute Gasteiger partial charge is 0.327 e. The van der Waals surface area contributed by atoms with Crippen LogP contribution in [-0.2, 0) is 25.9 Å². The van der Waals surface area contributed by atoms with Crippen molar-refractivity contribution in [2.75, 3.05) is 26.8 Å². The van der Waals surface area contributed by atoms with Crippen molar-refractivity contribution in [3.63, 3.8) is 0 Å². The lowest BCUT2D eigenvalue weighted by Gasteiger charge is -2.39. The number of likely N-dealkylation sites (tertiary alicyclic amines) is 1. The molecule has 1 heterocycles. The Hall–Kier alpha value is -2.90. The number of hydrogen-bond donors (Lipinski definition) is 0. The minimum Gasteiger partial charge on any atom is -0.497 e. The van der Waals surface area contributed by atoms with Crippen molar-refractivity contribution in [3.05, 3.63) is 72.3 Å². The van der Waals surface area contributed by atoms with E-state index in [4.69, 9.17) is 9.47 Å². The molecule has 0 spiro atoms. The summed E-state index contributed by atoms with van der Waals surface area (Å²) < 4.78 is 36.3. The lowest BCUT2D eigenvalue weighted by Crippen LogP contribution is -2.54. The molecule has 1 fully saturated rings. The molecule has 0 atom stereocenters. The number of carbonyl (C=O) groups is 1. The Kier molecular flexibility index (Phi) is 6.72. The molecular weight excluding hydrogens is 438 g/mol. The number of ether oxygens (including phenoxy) is 2. The van der Waals surface area contributed by atoms with Crippen LogP contribution in [0.15, 0.2) is 71.6 Å². The van der Waals surface area contributed by atoms with E-state index in [9.17, 15) is 13.2 Å². The SMILES string of the molecule is CCOC(=O)C1(S(=O)(=O)c2ccc(OC)cc2)CCN(Cc2cccc3ccccc23)CC1. The third kappa shape index (κ3) is 4.35. The molecule has 0 unspecified atom stereocenters. The molecule has 0 N–H and O–H groups in total. The van der Waals surface area contributed by atoms with Crippen molar-refractivity contribution in [1.29, 1.82) is 0 Å². The molecule has 1 aliphatic rings. The van der Waals surface area contributed by atoms with Gasteiger partial charge in [-0.15, -0.1) is 0 Å². The van der Waals surface area contributed by atoms with Gasteiger partial charge < -0.3 is 9.47 Å². The predicted octanol–water partition coefficient (Wildman–Crippen LogP) is 4.22. The van der Waals surface area contributed by atoms with E-state index in [0.717, 1.165) is 0 Å². The van der Waals surface area contributed by atoms with Gasteiger partial charge in [-0.1, -0.05) is 42.5 Å². The molecule has 6 nitrogen and oxygen atoms in total. The number of rotatable bonds is 7. The minimum atomic E-state index is -3.96. The van der Waals surface area contributed by atoms with Gasteiger partial charge in [0.15, 0.2) is 14.6 Å². The highest BCUT2D eigenvalue weighted by atomic mass is 32.2. The summed E-state index contributed by atoms with van der Waals surface area (Å²) in [5, 5.41) is 2.36. The van der Waals surface area contributed by atoms with Crippen molar-refractivity contribution in [2.45, 2.75) is 36.0 Å². The number of methoxy groups -OCH3 is 1. The van der Waals surface area contributed by atoms with Crippen molar-refractivity contribution in [1.82, 2.24) is 4.90 Å². The van der Waals surface area contributed by atoms with E-state index in [1.807, 2.05) is 18.2 Å². The van der Waals surface area contributed by atoms with E-state index in [2.05, 4.69) is 29.2 Å². The summed E-state index contributed by atoms with van der Waals surface area (Å²) in [7, 11) is -2.43. The third-order valence-corrected chi connectivity index (χ3v) is 8.97. The Bertz CT molecular complexity index is 1220. The fraction of sp³-hybridized carbons (Fsp3) is 0.346. The highest BCUT2D eigenvalue weighted by molar-refractivity contribution is 7.93. The summed E-state index contributed by atoms with van der Waals surface area (Å²) in [5.41, 5.74) is 1.19. The number of fused-ring (bicyclic) bond motifs is 1. The van der Waals surface area contributed by atoms with Crippen molar-refractivity contribution in [3.8, 4) is 5.75 Å². The number of esters is 1. The van der Waals surface area contributed by atoms with E-state index in [1.54, 1.807) is 19.1 Å².